The molecule has 1 aromatic heterocycles. The van der Waals surface area contributed by atoms with Crippen LogP contribution < -0.4 is 5.32 Å². The number of aromatic nitrogens is 2. The van der Waals surface area contributed by atoms with Crippen LogP contribution in [-0.2, 0) is 18.3 Å². The number of nitrogens with one attached hydrogen (secondary N) is 1. The first-order valence-electron chi connectivity index (χ1n) is 6.02. The fraction of sp³-hybridized carbons (Fsp3) is 0.286. The molecule has 0 aliphatic carbocycles. The van der Waals surface area contributed by atoms with E-state index in [4.69, 9.17) is 0 Å². The number of aryl methyl sites for hydroxylation is 2. The van der Waals surface area contributed by atoms with Gasteiger partial charge >= 0.3 is 0 Å². The molecule has 0 fully saturated rings. The van der Waals surface area contributed by atoms with Crippen LogP contribution in [-0.4, -0.2) is 21.9 Å². The Morgan fingerprint density at radius 3 is 2.58 bits per heavy atom. The average molecular weight is 275 g/mol. The molecule has 100 valence electrons. The lowest BCUT2D eigenvalue weighted by Gasteiger charge is -2.05. The quantitative estimate of drug-likeness (QED) is 0.873. The predicted octanol–water partition coefficient (Wildman–Crippen LogP) is 2.63. The smallest absolute Gasteiger partial charge is 0.229 e. The van der Waals surface area contributed by atoms with Crippen LogP contribution in [0.4, 0.5) is 5.82 Å². The minimum absolute atomic E-state index is 0.0279. The molecule has 1 heterocycles. The first-order valence-corrected chi connectivity index (χ1v) is 7.24. The molecule has 0 atom stereocenters. The third kappa shape index (κ3) is 3.61. The van der Waals surface area contributed by atoms with Gasteiger partial charge in [0.25, 0.3) is 0 Å². The van der Waals surface area contributed by atoms with Crippen molar-refractivity contribution in [2.75, 3.05) is 11.6 Å². The summed E-state index contributed by atoms with van der Waals surface area (Å²) in [4.78, 5) is 13.1. The van der Waals surface area contributed by atoms with Gasteiger partial charge < -0.3 is 5.32 Å². The molecule has 2 rings (SSSR count). The van der Waals surface area contributed by atoms with E-state index in [-0.39, 0.29) is 5.91 Å². The third-order valence-electron chi connectivity index (χ3n) is 2.79. The number of amides is 1. The largest absolute Gasteiger partial charge is 0.311 e. The van der Waals surface area contributed by atoms with Gasteiger partial charge in [0.15, 0.2) is 0 Å². The minimum atomic E-state index is -0.0279. The second-order valence-electron chi connectivity index (χ2n) is 4.37. The van der Waals surface area contributed by atoms with Gasteiger partial charge in [-0.2, -0.15) is 5.10 Å². The number of anilines is 1. The Labute approximate surface area is 117 Å². The number of nitrogens with zero attached hydrogens (tertiary/aromatic N) is 2. The standard InChI is InChI=1S/C14H17N3OS/c1-10-8-13(17(2)16-10)15-14(18)9-11-4-6-12(19-3)7-5-11/h4-8H,9H2,1-3H3,(H,15,18). The number of hydrogen-bond donors (Lipinski definition) is 1. The lowest BCUT2D eigenvalue weighted by Crippen LogP contribution is -2.16. The predicted molar refractivity (Wildman–Crippen MR) is 78.5 cm³/mol. The van der Waals surface area contributed by atoms with Crippen molar-refractivity contribution in [1.29, 1.82) is 0 Å². The minimum Gasteiger partial charge on any atom is -0.311 e. The first-order chi connectivity index (χ1) is 9.08. The Balaban J connectivity index is 1.99. The maximum absolute atomic E-state index is 11.9. The fourth-order valence-electron chi connectivity index (χ4n) is 1.84. The van der Waals surface area contributed by atoms with Gasteiger partial charge in [-0.25, -0.2) is 0 Å². The molecule has 0 saturated carbocycles. The van der Waals surface area contributed by atoms with Crippen LogP contribution >= 0.6 is 11.8 Å². The zero-order chi connectivity index (χ0) is 13.8. The zero-order valence-electron chi connectivity index (χ0n) is 11.3. The topological polar surface area (TPSA) is 46.9 Å². The molecule has 0 aliphatic heterocycles. The average Bonchev–Trinajstić information content (AvgIpc) is 2.68. The molecule has 0 radical (unpaired) electrons. The van der Waals surface area contributed by atoms with Crippen LogP contribution in [0.3, 0.4) is 0 Å². The maximum atomic E-state index is 11.9. The van der Waals surface area contributed by atoms with Crippen molar-refractivity contribution in [2.45, 2.75) is 18.2 Å². The van der Waals surface area contributed by atoms with E-state index in [2.05, 4.69) is 10.4 Å². The van der Waals surface area contributed by atoms with Crippen molar-refractivity contribution in [1.82, 2.24) is 9.78 Å². The Bertz CT molecular complexity index is 575. The van der Waals surface area contributed by atoms with E-state index in [9.17, 15) is 4.79 Å². The summed E-state index contributed by atoms with van der Waals surface area (Å²) in [5.74, 6) is 0.697. The summed E-state index contributed by atoms with van der Waals surface area (Å²) in [7, 11) is 1.82. The first kappa shape index (κ1) is 13.7. The molecule has 0 unspecified atom stereocenters. The van der Waals surface area contributed by atoms with E-state index in [1.54, 1.807) is 16.4 Å². The van der Waals surface area contributed by atoms with Crippen molar-refractivity contribution in [3.8, 4) is 0 Å². The molecule has 5 heteroatoms. The summed E-state index contributed by atoms with van der Waals surface area (Å²) < 4.78 is 1.67. The monoisotopic (exact) mass is 275 g/mol. The van der Waals surface area contributed by atoms with Crippen molar-refractivity contribution < 1.29 is 4.79 Å². The lowest BCUT2D eigenvalue weighted by molar-refractivity contribution is -0.115. The highest BCUT2D eigenvalue weighted by atomic mass is 32.2. The molecule has 1 N–H and O–H groups in total. The molecule has 1 aromatic carbocycles. The Hall–Kier alpha value is -1.75. The lowest BCUT2D eigenvalue weighted by atomic mass is 10.1. The molecule has 2 aromatic rings. The molecule has 1 amide bonds. The van der Waals surface area contributed by atoms with Crippen LogP contribution in [0.5, 0.6) is 0 Å². The third-order valence-corrected chi connectivity index (χ3v) is 3.54. The second kappa shape index (κ2) is 5.93. The summed E-state index contributed by atoms with van der Waals surface area (Å²) >= 11 is 1.69. The molecule has 0 bridgehead atoms. The van der Waals surface area contributed by atoms with E-state index in [1.807, 2.05) is 50.6 Å². The summed E-state index contributed by atoms with van der Waals surface area (Å²) in [6.45, 7) is 1.90. The SMILES string of the molecule is CSc1ccc(CC(=O)Nc2cc(C)nn2C)cc1. The van der Waals surface area contributed by atoms with Gasteiger partial charge in [0.1, 0.15) is 5.82 Å². The summed E-state index contributed by atoms with van der Waals surface area (Å²) in [6, 6.07) is 9.89. The van der Waals surface area contributed by atoms with E-state index in [0.717, 1.165) is 17.1 Å². The van der Waals surface area contributed by atoms with E-state index >= 15 is 0 Å². The molecule has 0 saturated heterocycles. The molecular weight excluding hydrogens is 258 g/mol. The van der Waals surface area contributed by atoms with Crippen molar-refractivity contribution in [2.24, 2.45) is 7.05 Å². The van der Waals surface area contributed by atoms with Crippen LogP contribution in [0, 0.1) is 6.92 Å². The number of rotatable bonds is 4. The van der Waals surface area contributed by atoms with Gasteiger partial charge in [-0.1, -0.05) is 12.1 Å². The van der Waals surface area contributed by atoms with Crippen LogP contribution in [0.25, 0.3) is 0 Å². The molecule has 4 nitrogen and oxygen atoms in total. The van der Waals surface area contributed by atoms with Crippen molar-refractivity contribution in [3.05, 3.63) is 41.6 Å². The van der Waals surface area contributed by atoms with Crippen molar-refractivity contribution in [3.63, 3.8) is 0 Å². The molecule has 19 heavy (non-hydrogen) atoms. The van der Waals surface area contributed by atoms with E-state index in [1.165, 1.54) is 4.90 Å². The summed E-state index contributed by atoms with van der Waals surface area (Å²) in [5, 5.41) is 7.06. The van der Waals surface area contributed by atoms with Crippen LogP contribution in [0.1, 0.15) is 11.3 Å². The van der Waals surface area contributed by atoms with Gasteiger partial charge in [0.2, 0.25) is 5.91 Å². The number of carbonyl (C=O) groups is 1. The summed E-state index contributed by atoms with van der Waals surface area (Å²) in [5.41, 5.74) is 1.90. The number of thioether (sulfide) groups is 1. The van der Waals surface area contributed by atoms with Gasteiger partial charge in [-0.05, 0) is 30.9 Å². The van der Waals surface area contributed by atoms with E-state index < -0.39 is 0 Å². The Morgan fingerprint density at radius 2 is 2.05 bits per heavy atom. The number of hydrogen-bond acceptors (Lipinski definition) is 3. The molecule has 0 aliphatic rings. The highest BCUT2D eigenvalue weighted by Gasteiger charge is 2.07. The van der Waals surface area contributed by atoms with Crippen LogP contribution in [0.2, 0.25) is 0 Å². The normalized spacial score (nSPS) is 10.5. The highest BCUT2D eigenvalue weighted by molar-refractivity contribution is 7.98. The Kier molecular flexibility index (Phi) is 4.27. The van der Waals surface area contributed by atoms with Gasteiger partial charge in [-0.15, -0.1) is 11.8 Å². The second-order valence-corrected chi connectivity index (χ2v) is 5.25. The van der Waals surface area contributed by atoms with Gasteiger partial charge in [0, 0.05) is 18.0 Å². The maximum Gasteiger partial charge on any atom is 0.229 e. The molecule has 0 spiro atoms. The Morgan fingerprint density at radius 1 is 1.37 bits per heavy atom. The van der Waals surface area contributed by atoms with Gasteiger partial charge in [0.05, 0.1) is 12.1 Å². The zero-order valence-corrected chi connectivity index (χ0v) is 12.1. The van der Waals surface area contributed by atoms with E-state index in [0.29, 0.717) is 6.42 Å². The van der Waals surface area contributed by atoms with Crippen molar-refractivity contribution >= 4 is 23.5 Å². The number of carbonyl (C=O) groups excluding carboxylic acids is 1. The number of benzene rings is 1. The summed E-state index contributed by atoms with van der Waals surface area (Å²) in [6.07, 6.45) is 2.41. The van der Waals surface area contributed by atoms with Crippen LogP contribution in [0.15, 0.2) is 35.2 Å². The fourth-order valence-corrected chi connectivity index (χ4v) is 2.25. The highest BCUT2D eigenvalue weighted by Crippen LogP contribution is 2.15. The molecular formula is C14H17N3OS. The van der Waals surface area contributed by atoms with Gasteiger partial charge in [-0.3, -0.25) is 9.48 Å².